The molecule has 1 aromatic heterocycles. The molecule has 0 saturated carbocycles. The Kier molecular flexibility index (Phi) is 3.60. The van der Waals surface area contributed by atoms with Crippen molar-refractivity contribution in [2.45, 2.75) is 44.6 Å². The molecule has 1 aliphatic carbocycles. The molecule has 1 nitrogen and oxygen atoms in total. The van der Waals surface area contributed by atoms with Gasteiger partial charge in [0.2, 0.25) is 0 Å². The van der Waals surface area contributed by atoms with Crippen LogP contribution in [0, 0.1) is 0 Å². The summed E-state index contributed by atoms with van der Waals surface area (Å²) in [5.74, 6) is 0. The minimum absolute atomic E-state index is 0.279. The lowest BCUT2D eigenvalue weighted by Crippen LogP contribution is -1.96. The van der Waals surface area contributed by atoms with Crippen LogP contribution in [0.5, 0.6) is 0 Å². The first-order chi connectivity index (χ1) is 7.31. The van der Waals surface area contributed by atoms with E-state index in [1.54, 1.807) is 0 Å². The van der Waals surface area contributed by atoms with Gasteiger partial charge in [0.25, 0.3) is 0 Å². The summed E-state index contributed by atoms with van der Waals surface area (Å²) in [5.41, 5.74) is 1.49. The van der Waals surface area contributed by atoms with Crippen molar-refractivity contribution in [2.75, 3.05) is 0 Å². The molecule has 0 saturated heterocycles. The highest BCUT2D eigenvalue weighted by Crippen LogP contribution is 2.34. The Labute approximate surface area is 95.5 Å². The van der Waals surface area contributed by atoms with E-state index in [0.29, 0.717) is 0 Å². The number of aliphatic hydroxyl groups is 1. The highest BCUT2D eigenvalue weighted by molar-refractivity contribution is 7.12. The second-order valence-electron chi connectivity index (χ2n) is 4.19. The van der Waals surface area contributed by atoms with Gasteiger partial charge in [0.1, 0.15) is 0 Å². The average Bonchev–Trinajstić information content (AvgIpc) is 2.69. The number of thiophene rings is 1. The fraction of sp³-hybridized carbons (Fsp3) is 0.538. The van der Waals surface area contributed by atoms with Gasteiger partial charge in [0.05, 0.1) is 6.10 Å². The molecule has 0 radical (unpaired) electrons. The Morgan fingerprint density at radius 2 is 2.27 bits per heavy atom. The summed E-state index contributed by atoms with van der Waals surface area (Å²) in [5, 5.41) is 9.96. The minimum Gasteiger partial charge on any atom is -0.388 e. The van der Waals surface area contributed by atoms with Gasteiger partial charge in [0.15, 0.2) is 0 Å². The highest BCUT2D eigenvalue weighted by Gasteiger charge is 2.16. The van der Waals surface area contributed by atoms with Crippen molar-refractivity contribution in [3.05, 3.63) is 34.0 Å². The van der Waals surface area contributed by atoms with Gasteiger partial charge in [-0.1, -0.05) is 6.08 Å². The van der Waals surface area contributed by atoms with E-state index in [2.05, 4.69) is 12.6 Å². The van der Waals surface area contributed by atoms with Crippen LogP contribution < -0.4 is 0 Å². The van der Waals surface area contributed by atoms with Gasteiger partial charge < -0.3 is 5.11 Å². The third kappa shape index (κ3) is 2.50. The highest BCUT2D eigenvalue weighted by atomic mass is 32.1. The van der Waals surface area contributed by atoms with Crippen molar-refractivity contribution in [2.24, 2.45) is 0 Å². The molecule has 1 aromatic rings. The van der Waals surface area contributed by atoms with Crippen molar-refractivity contribution in [1.82, 2.24) is 0 Å². The first-order valence-electron chi connectivity index (χ1n) is 5.71. The van der Waals surface area contributed by atoms with Gasteiger partial charge in [-0.2, -0.15) is 0 Å². The molecule has 0 fully saturated rings. The predicted molar refractivity (Wildman–Crippen MR) is 65.4 cm³/mol. The van der Waals surface area contributed by atoms with Crippen LogP contribution >= 0.6 is 11.3 Å². The van der Waals surface area contributed by atoms with Crippen molar-refractivity contribution in [1.29, 1.82) is 0 Å². The maximum atomic E-state index is 9.96. The molecule has 0 spiro atoms. The van der Waals surface area contributed by atoms with Gasteiger partial charge in [-0.3, -0.25) is 0 Å². The van der Waals surface area contributed by atoms with Crippen molar-refractivity contribution in [3.8, 4) is 0 Å². The normalized spacial score (nSPS) is 17.1. The molecule has 1 unspecified atom stereocenters. The molecular weight excluding hydrogens is 204 g/mol. The van der Waals surface area contributed by atoms with Crippen molar-refractivity contribution < 1.29 is 5.11 Å². The molecule has 1 atom stereocenters. The van der Waals surface area contributed by atoms with Crippen LogP contribution in [0.15, 0.2) is 18.7 Å². The van der Waals surface area contributed by atoms with Crippen LogP contribution in [-0.4, -0.2) is 5.11 Å². The Hall–Kier alpha value is -0.600. The molecule has 0 aliphatic heterocycles. The zero-order chi connectivity index (χ0) is 10.7. The Morgan fingerprint density at radius 1 is 1.47 bits per heavy atom. The fourth-order valence-corrected chi connectivity index (χ4v) is 3.37. The minimum atomic E-state index is -0.279. The van der Waals surface area contributed by atoms with E-state index in [4.69, 9.17) is 0 Å². The maximum Gasteiger partial charge on any atom is 0.0885 e. The molecule has 2 heteroatoms. The SMILES string of the molecule is C=CCCC(O)c1cc2c(s1)CCCC2. The van der Waals surface area contributed by atoms with E-state index in [-0.39, 0.29) is 6.10 Å². The van der Waals surface area contributed by atoms with Crippen LogP contribution in [0.25, 0.3) is 0 Å². The smallest absolute Gasteiger partial charge is 0.0885 e. The number of hydrogen-bond donors (Lipinski definition) is 1. The molecule has 2 rings (SSSR count). The zero-order valence-electron chi connectivity index (χ0n) is 9.04. The Balaban J connectivity index is 2.08. The lowest BCUT2D eigenvalue weighted by molar-refractivity contribution is 0.172. The van der Waals surface area contributed by atoms with Gasteiger partial charge in [-0.15, -0.1) is 17.9 Å². The van der Waals surface area contributed by atoms with Crippen LogP contribution in [0.2, 0.25) is 0 Å². The fourth-order valence-electron chi connectivity index (χ4n) is 2.10. The first-order valence-corrected chi connectivity index (χ1v) is 6.53. The Bertz CT molecular complexity index is 317. The van der Waals surface area contributed by atoms with Crippen LogP contribution in [-0.2, 0) is 12.8 Å². The van der Waals surface area contributed by atoms with Crippen LogP contribution in [0.4, 0.5) is 0 Å². The average molecular weight is 222 g/mol. The van der Waals surface area contributed by atoms with E-state index in [0.717, 1.165) is 17.7 Å². The summed E-state index contributed by atoms with van der Waals surface area (Å²) in [4.78, 5) is 2.66. The van der Waals surface area contributed by atoms with Crippen molar-refractivity contribution >= 4 is 11.3 Å². The van der Waals surface area contributed by atoms with Gasteiger partial charge >= 0.3 is 0 Å². The van der Waals surface area contributed by atoms with Crippen molar-refractivity contribution in [3.63, 3.8) is 0 Å². The van der Waals surface area contributed by atoms with E-state index in [1.165, 1.54) is 36.1 Å². The summed E-state index contributed by atoms with van der Waals surface area (Å²) in [6.45, 7) is 3.68. The largest absolute Gasteiger partial charge is 0.388 e. The summed E-state index contributed by atoms with van der Waals surface area (Å²) >= 11 is 1.81. The standard InChI is InChI=1S/C13H18OS/c1-2-3-7-11(14)13-9-10-6-4-5-8-12(10)15-13/h2,9,11,14H,1,3-8H2. The zero-order valence-corrected chi connectivity index (χ0v) is 9.85. The summed E-state index contributed by atoms with van der Waals surface area (Å²) in [6.07, 6.45) is 8.35. The number of allylic oxidation sites excluding steroid dienone is 1. The van der Waals surface area contributed by atoms with E-state index >= 15 is 0 Å². The number of fused-ring (bicyclic) bond motifs is 1. The summed E-state index contributed by atoms with van der Waals surface area (Å²) in [7, 11) is 0. The molecule has 0 bridgehead atoms. The van der Waals surface area contributed by atoms with Gasteiger partial charge in [-0.25, -0.2) is 0 Å². The molecule has 0 aromatic carbocycles. The van der Waals surface area contributed by atoms with E-state index < -0.39 is 0 Å². The van der Waals surface area contributed by atoms with E-state index in [1.807, 2.05) is 17.4 Å². The molecule has 82 valence electrons. The second-order valence-corrected chi connectivity index (χ2v) is 5.35. The lowest BCUT2D eigenvalue weighted by Gasteiger charge is -2.08. The number of hydrogen-bond acceptors (Lipinski definition) is 2. The lowest BCUT2D eigenvalue weighted by atomic mass is 9.99. The molecule has 0 amide bonds. The number of aliphatic hydroxyl groups excluding tert-OH is 1. The number of aryl methyl sites for hydroxylation is 2. The second kappa shape index (κ2) is 4.95. The molecular formula is C13H18OS. The van der Waals surface area contributed by atoms with Gasteiger partial charge in [0, 0.05) is 9.75 Å². The van der Waals surface area contributed by atoms with Gasteiger partial charge in [-0.05, 0) is 50.2 Å². The molecule has 15 heavy (non-hydrogen) atoms. The van der Waals surface area contributed by atoms with Crippen LogP contribution in [0.1, 0.15) is 47.1 Å². The Morgan fingerprint density at radius 3 is 3.00 bits per heavy atom. The number of rotatable bonds is 4. The third-order valence-corrected chi connectivity index (χ3v) is 4.33. The molecule has 1 aliphatic rings. The molecule has 1 N–H and O–H groups in total. The predicted octanol–water partition coefficient (Wildman–Crippen LogP) is 3.63. The maximum absolute atomic E-state index is 9.96. The molecule has 1 heterocycles. The topological polar surface area (TPSA) is 20.2 Å². The third-order valence-electron chi connectivity index (χ3n) is 2.99. The van der Waals surface area contributed by atoms with E-state index in [9.17, 15) is 5.11 Å². The quantitative estimate of drug-likeness (QED) is 0.771. The summed E-state index contributed by atoms with van der Waals surface area (Å²) in [6, 6.07) is 2.22. The van der Waals surface area contributed by atoms with Crippen LogP contribution in [0.3, 0.4) is 0 Å². The summed E-state index contributed by atoms with van der Waals surface area (Å²) < 4.78 is 0. The first kappa shape index (κ1) is 10.9. The monoisotopic (exact) mass is 222 g/mol.